The highest BCUT2D eigenvalue weighted by Crippen LogP contribution is 2.30. The summed E-state index contributed by atoms with van der Waals surface area (Å²) in [6.45, 7) is 2.89. The van der Waals surface area contributed by atoms with Crippen molar-refractivity contribution in [2.24, 2.45) is 0 Å². The molecule has 1 aliphatic heterocycles. The van der Waals surface area contributed by atoms with Crippen LogP contribution >= 0.6 is 0 Å². The first-order valence-corrected chi connectivity index (χ1v) is 8.87. The molecular weight excluding hydrogens is 288 g/mol. The maximum absolute atomic E-state index is 11.9. The summed E-state index contributed by atoms with van der Waals surface area (Å²) in [6.07, 6.45) is 5.47. The zero-order valence-electron chi connectivity index (χ0n) is 12.0. The van der Waals surface area contributed by atoms with Crippen molar-refractivity contribution in [2.75, 3.05) is 18.8 Å². The summed E-state index contributed by atoms with van der Waals surface area (Å²) < 4.78 is 25.3. The number of hydrogen-bond donors (Lipinski definition) is 2. The lowest BCUT2D eigenvalue weighted by molar-refractivity contribution is 0.317. The van der Waals surface area contributed by atoms with E-state index in [1.165, 1.54) is 0 Å². The van der Waals surface area contributed by atoms with Crippen molar-refractivity contribution in [3.63, 3.8) is 0 Å². The normalized spacial score (nSPS) is 18.1. The van der Waals surface area contributed by atoms with Crippen LogP contribution < -0.4 is 0 Å². The highest BCUT2D eigenvalue weighted by atomic mass is 32.2. The highest BCUT2D eigenvalue weighted by molar-refractivity contribution is 7.89. The molecule has 0 spiro atoms. The Morgan fingerprint density at radius 1 is 1.38 bits per heavy atom. The zero-order chi connectivity index (χ0) is 14.9. The van der Waals surface area contributed by atoms with Crippen molar-refractivity contribution in [3.8, 4) is 11.3 Å². The van der Waals surface area contributed by atoms with E-state index in [2.05, 4.69) is 21.2 Å². The highest BCUT2D eigenvalue weighted by Gasteiger charge is 2.28. The quantitative estimate of drug-likeness (QED) is 0.905. The fourth-order valence-electron chi connectivity index (χ4n) is 2.80. The van der Waals surface area contributed by atoms with Crippen LogP contribution in [0.1, 0.15) is 31.4 Å². The van der Waals surface area contributed by atoms with Crippen LogP contribution in [-0.2, 0) is 10.0 Å². The molecule has 0 amide bonds. The van der Waals surface area contributed by atoms with Crippen LogP contribution in [-0.4, -0.2) is 46.7 Å². The third-order valence-corrected chi connectivity index (χ3v) is 6.02. The Bertz CT molecular complexity index is 682. The summed E-state index contributed by atoms with van der Waals surface area (Å²) in [7, 11) is -3.05. The van der Waals surface area contributed by atoms with Crippen molar-refractivity contribution in [2.45, 2.75) is 25.7 Å². The molecule has 1 fully saturated rings. The van der Waals surface area contributed by atoms with Gasteiger partial charge in [-0.1, -0.05) is 0 Å². The largest absolute Gasteiger partial charge is 0.367 e. The third-order valence-electron chi connectivity index (χ3n) is 4.14. The molecule has 21 heavy (non-hydrogen) atoms. The minimum absolute atomic E-state index is 0.180. The average molecular weight is 308 g/mol. The first-order valence-electron chi connectivity index (χ1n) is 7.26. The van der Waals surface area contributed by atoms with Gasteiger partial charge < -0.3 is 4.98 Å². The number of piperidine rings is 1. The topological polar surface area (TPSA) is 81.8 Å². The lowest BCUT2D eigenvalue weighted by Gasteiger charge is -2.30. The molecule has 114 valence electrons. The SMILES string of the molecule is CCS(=O)(=O)N1CCC(c2cc(-c3cc[nH]c3)n[nH]2)CC1. The zero-order valence-corrected chi connectivity index (χ0v) is 12.9. The van der Waals surface area contributed by atoms with Crippen molar-refractivity contribution in [1.82, 2.24) is 19.5 Å². The minimum atomic E-state index is -3.05. The van der Waals surface area contributed by atoms with E-state index < -0.39 is 10.0 Å². The molecule has 0 saturated carbocycles. The monoisotopic (exact) mass is 308 g/mol. The van der Waals surface area contributed by atoms with Gasteiger partial charge >= 0.3 is 0 Å². The van der Waals surface area contributed by atoms with Gasteiger partial charge in [-0.25, -0.2) is 12.7 Å². The number of rotatable bonds is 4. The second-order valence-corrected chi connectivity index (χ2v) is 7.64. The van der Waals surface area contributed by atoms with E-state index in [-0.39, 0.29) is 5.75 Å². The van der Waals surface area contributed by atoms with Gasteiger partial charge in [-0.15, -0.1) is 0 Å². The van der Waals surface area contributed by atoms with E-state index in [1.807, 2.05) is 18.5 Å². The fraction of sp³-hybridized carbons (Fsp3) is 0.500. The molecule has 3 heterocycles. The molecule has 2 aromatic heterocycles. The van der Waals surface area contributed by atoms with E-state index in [0.29, 0.717) is 19.0 Å². The summed E-state index contributed by atoms with van der Waals surface area (Å²) in [5.74, 6) is 0.535. The van der Waals surface area contributed by atoms with Crippen molar-refractivity contribution in [3.05, 3.63) is 30.2 Å². The molecule has 2 aromatic rings. The molecule has 0 atom stereocenters. The number of hydrogen-bond acceptors (Lipinski definition) is 3. The Morgan fingerprint density at radius 2 is 2.14 bits per heavy atom. The van der Waals surface area contributed by atoms with Gasteiger partial charge in [0.15, 0.2) is 0 Å². The number of nitrogens with zero attached hydrogens (tertiary/aromatic N) is 2. The molecule has 6 nitrogen and oxygen atoms in total. The van der Waals surface area contributed by atoms with Gasteiger partial charge in [-0.2, -0.15) is 5.10 Å². The molecule has 0 aromatic carbocycles. The number of nitrogens with one attached hydrogen (secondary N) is 2. The maximum Gasteiger partial charge on any atom is 0.213 e. The smallest absolute Gasteiger partial charge is 0.213 e. The molecule has 0 aliphatic carbocycles. The van der Waals surface area contributed by atoms with E-state index in [0.717, 1.165) is 29.8 Å². The van der Waals surface area contributed by atoms with Gasteiger partial charge in [0.05, 0.1) is 11.4 Å². The summed E-state index contributed by atoms with van der Waals surface area (Å²) in [6, 6.07) is 4.05. The number of aromatic nitrogens is 3. The molecule has 0 bridgehead atoms. The first-order chi connectivity index (χ1) is 10.1. The van der Waals surface area contributed by atoms with Crippen molar-refractivity contribution >= 4 is 10.0 Å². The van der Waals surface area contributed by atoms with Gasteiger partial charge in [-0.05, 0) is 31.9 Å². The molecule has 7 heteroatoms. The van der Waals surface area contributed by atoms with Crippen LogP contribution in [0, 0.1) is 0 Å². The summed E-state index contributed by atoms with van der Waals surface area (Å²) in [5.41, 5.74) is 3.08. The predicted octanol–water partition coefficient (Wildman–Crippen LogP) is 1.93. The Hall–Kier alpha value is -1.60. The van der Waals surface area contributed by atoms with Crippen LogP contribution in [0.5, 0.6) is 0 Å². The predicted molar refractivity (Wildman–Crippen MR) is 81.4 cm³/mol. The second kappa shape index (κ2) is 5.65. The lowest BCUT2D eigenvalue weighted by atomic mass is 9.94. The Balaban J connectivity index is 1.68. The molecule has 1 saturated heterocycles. The van der Waals surface area contributed by atoms with Gasteiger partial charge in [0.25, 0.3) is 0 Å². The summed E-state index contributed by atoms with van der Waals surface area (Å²) >= 11 is 0. The Kier molecular flexibility index (Phi) is 3.86. The van der Waals surface area contributed by atoms with Crippen molar-refractivity contribution in [1.29, 1.82) is 0 Å². The van der Waals surface area contributed by atoms with Crippen molar-refractivity contribution < 1.29 is 8.42 Å². The first kappa shape index (κ1) is 14.3. The molecule has 2 N–H and O–H groups in total. The Morgan fingerprint density at radius 3 is 2.76 bits per heavy atom. The second-order valence-electron chi connectivity index (χ2n) is 5.38. The minimum Gasteiger partial charge on any atom is -0.367 e. The van der Waals surface area contributed by atoms with E-state index in [4.69, 9.17) is 0 Å². The van der Waals surface area contributed by atoms with Crippen LogP contribution in [0.15, 0.2) is 24.5 Å². The van der Waals surface area contributed by atoms with E-state index in [9.17, 15) is 8.42 Å². The van der Waals surface area contributed by atoms with Crippen LogP contribution in [0.4, 0.5) is 0 Å². The summed E-state index contributed by atoms with van der Waals surface area (Å²) in [5, 5.41) is 7.44. The van der Waals surface area contributed by atoms with Crippen LogP contribution in [0.2, 0.25) is 0 Å². The number of sulfonamides is 1. The summed E-state index contributed by atoms with van der Waals surface area (Å²) in [4.78, 5) is 3.02. The average Bonchev–Trinajstić information content (AvgIpc) is 3.18. The van der Waals surface area contributed by atoms with Gasteiger partial charge in [0.2, 0.25) is 10.0 Å². The van der Waals surface area contributed by atoms with Crippen LogP contribution in [0.3, 0.4) is 0 Å². The standard InChI is InChI=1S/C14H20N4O2S/c1-2-21(19,20)18-7-4-11(5-8-18)13-9-14(17-16-13)12-3-6-15-10-12/h3,6,9-11,15H,2,4-5,7-8H2,1H3,(H,16,17). The molecule has 0 unspecified atom stereocenters. The number of aromatic amines is 2. The molecule has 1 aliphatic rings. The van der Waals surface area contributed by atoms with Gasteiger partial charge in [0, 0.05) is 42.7 Å². The third kappa shape index (κ3) is 2.89. The number of H-pyrrole nitrogens is 2. The van der Waals surface area contributed by atoms with Gasteiger partial charge in [0.1, 0.15) is 0 Å². The van der Waals surface area contributed by atoms with Gasteiger partial charge in [-0.3, -0.25) is 5.10 Å². The molecule has 0 radical (unpaired) electrons. The Labute approximate surface area is 124 Å². The fourth-order valence-corrected chi connectivity index (χ4v) is 3.94. The lowest BCUT2D eigenvalue weighted by Crippen LogP contribution is -2.38. The molecular formula is C14H20N4O2S. The van der Waals surface area contributed by atoms with E-state index in [1.54, 1.807) is 11.2 Å². The van der Waals surface area contributed by atoms with Crippen LogP contribution in [0.25, 0.3) is 11.3 Å². The van der Waals surface area contributed by atoms with E-state index >= 15 is 0 Å². The molecule has 3 rings (SSSR count). The maximum atomic E-state index is 11.9.